The second-order valence-electron chi connectivity index (χ2n) is 4.68. The number of ether oxygens (including phenoxy) is 1. The first-order valence-corrected chi connectivity index (χ1v) is 8.47. The summed E-state index contributed by atoms with van der Waals surface area (Å²) in [7, 11) is -2.17. The third kappa shape index (κ3) is 4.18. The summed E-state index contributed by atoms with van der Waals surface area (Å²) >= 11 is 0. The lowest BCUT2D eigenvalue weighted by molar-refractivity contribution is 0.102. The van der Waals surface area contributed by atoms with Crippen LogP contribution in [0.25, 0.3) is 0 Å². The molecule has 0 aliphatic carbocycles. The maximum Gasteiger partial charge on any atom is 0.255 e. The number of aromatic nitrogens is 1. The molecule has 1 amide bonds. The Morgan fingerprint density at radius 1 is 1.29 bits per heavy atom. The number of carbonyl (C=O) groups is 1. The average molecular weight is 347 g/mol. The Labute approximate surface area is 140 Å². The van der Waals surface area contributed by atoms with Gasteiger partial charge in [0.05, 0.1) is 12.0 Å². The van der Waals surface area contributed by atoms with Gasteiger partial charge in [-0.05, 0) is 36.4 Å². The molecule has 8 heteroatoms. The molecule has 1 heterocycles. The van der Waals surface area contributed by atoms with Crippen molar-refractivity contribution in [1.82, 2.24) is 9.71 Å². The third-order valence-corrected chi connectivity index (χ3v) is 4.50. The number of carbonyl (C=O) groups excluding carboxylic acids is 1. The number of pyridine rings is 1. The molecule has 0 aliphatic rings. The molecular formula is C16H17N3O4S. The van der Waals surface area contributed by atoms with Crippen LogP contribution in [0.15, 0.2) is 60.1 Å². The number of nitrogens with zero attached hydrogens (tertiary/aromatic N) is 1. The Balaban J connectivity index is 2.15. The molecule has 2 N–H and O–H groups in total. The molecule has 7 nitrogen and oxygen atoms in total. The van der Waals surface area contributed by atoms with Gasteiger partial charge in [-0.2, -0.15) is 0 Å². The normalized spacial score (nSPS) is 10.9. The minimum absolute atomic E-state index is 0.0693. The van der Waals surface area contributed by atoms with Crippen molar-refractivity contribution in [3.05, 3.63) is 60.8 Å². The summed E-state index contributed by atoms with van der Waals surface area (Å²) in [6.45, 7) is 3.58. The molecule has 0 spiro atoms. The van der Waals surface area contributed by atoms with E-state index in [2.05, 4.69) is 21.6 Å². The highest BCUT2D eigenvalue weighted by atomic mass is 32.2. The van der Waals surface area contributed by atoms with Crippen molar-refractivity contribution in [2.24, 2.45) is 0 Å². The van der Waals surface area contributed by atoms with E-state index in [0.717, 1.165) is 0 Å². The van der Waals surface area contributed by atoms with E-state index < -0.39 is 15.9 Å². The molecule has 1 aromatic carbocycles. The Morgan fingerprint density at radius 2 is 2.00 bits per heavy atom. The molecule has 24 heavy (non-hydrogen) atoms. The largest absolute Gasteiger partial charge is 0.480 e. The van der Waals surface area contributed by atoms with Crippen LogP contribution < -0.4 is 14.8 Å². The fraction of sp³-hybridized carbons (Fsp3) is 0.125. The van der Waals surface area contributed by atoms with Crippen molar-refractivity contribution >= 4 is 21.6 Å². The number of rotatable bonds is 7. The van der Waals surface area contributed by atoms with E-state index in [1.54, 1.807) is 18.3 Å². The van der Waals surface area contributed by atoms with E-state index in [-0.39, 0.29) is 11.4 Å². The highest BCUT2D eigenvalue weighted by Crippen LogP contribution is 2.21. The smallest absolute Gasteiger partial charge is 0.255 e. The highest BCUT2D eigenvalue weighted by Gasteiger charge is 2.15. The SMILES string of the molecule is C=CCNS(=O)(=O)c1ccc(C(=O)Nc2cccnc2OC)cc1. The van der Waals surface area contributed by atoms with Crippen LogP contribution in [-0.2, 0) is 10.0 Å². The zero-order chi connectivity index (χ0) is 17.6. The first kappa shape index (κ1) is 17.6. The summed E-state index contributed by atoms with van der Waals surface area (Å²) in [6, 6.07) is 8.91. The van der Waals surface area contributed by atoms with E-state index >= 15 is 0 Å². The molecule has 1 aromatic heterocycles. The van der Waals surface area contributed by atoms with Crippen LogP contribution in [0.4, 0.5) is 5.69 Å². The predicted octanol–water partition coefficient (Wildman–Crippen LogP) is 1.81. The van der Waals surface area contributed by atoms with Gasteiger partial charge < -0.3 is 10.1 Å². The van der Waals surface area contributed by atoms with E-state index in [1.807, 2.05) is 0 Å². The van der Waals surface area contributed by atoms with Gasteiger partial charge in [0, 0.05) is 18.3 Å². The van der Waals surface area contributed by atoms with Gasteiger partial charge in [-0.1, -0.05) is 6.08 Å². The van der Waals surface area contributed by atoms with Gasteiger partial charge >= 0.3 is 0 Å². The zero-order valence-electron chi connectivity index (χ0n) is 13.0. The summed E-state index contributed by atoms with van der Waals surface area (Å²) in [5.41, 5.74) is 0.734. The second kappa shape index (κ2) is 7.71. The third-order valence-electron chi connectivity index (χ3n) is 3.06. The van der Waals surface area contributed by atoms with Crippen LogP contribution in [0.3, 0.4) is 0 Å². The van der Waals surface area contributed by atoms with Gasteiger partial charge in [-0.3, -0.25) is 4.79 Å². The topological polar surface area (TPSA) is 97.4 Å². The number of hydrogen-bond acceptors (Lipinski definition) is 5. The number of anilines is 1. The molecule has 0 atom stereocenters. The lowest BCUT2D eigenvalue weighted by atomic mass is 10.2. The Kier molecular flexibility index (Phi) is 5.67. The van der Waals surface area contributed by atoms with Gasteiger partial charge in [-0.25, -0.2) is 18.1 Å². The minimum Gasteiger partial charge on any atom is -0.480 e. The van der Waals surface area contributed by atoms with Crippen molar-refractivity contribution < 1.29 is 17.9 Å². The molecule has 0 radical (unpaired) electrons. The maximum atomic E-state index is 12.2. The summed E-state index contributed by atoms with van der Waals surface area (Å²) < 4.78 is 31.3. The van der Waals surface area contributed by atoms with Gasteiger partial charge in [0.2, 0.25) is 15.9 Å². The second-order valence-corrected chi connectivity index (χ2v) is 6.45. The first-order valence-electron chi connectivity index (χ1n) is 6.99. The number of nitrogens with one attached hydrogen (secondary N) is 2. The Morgan fingerprint density at radius 3 is 2.62 bits per heavy atom. The number of methoxy groups -OCH3 is 1. The van der Waals surface area contributed by atoms with Crippen molar-refractivity contribution in [3.63, 3.8) is 0 Å². The molecule has 2 aromatic rings. The highest BCUT2D eigenvalue weighted by molar-refractivity contribution is 7.89. The molecule has 2 rings (SSSR count). The van der Waals surface area contributed by atoms with Crippen LogP contribution in [0.1, 0.15) is 10.4 Å². The Bertz CT molecular complexity index is 833. The summed E-state index contributed by atoms with van der Waals surface area (Å²) in [5, 5.41) is 2.67. The van der Waals surface area contributed by atoms with Gasteiger partial charge in [0.15, 0.2) is 0 Å². The fourth-order valence-corrected chi connectivity index (χ4v) is 2.88. The fourth-order valence-electron chi connectivity index (χ4n) is 1.88. The van der Waals surface area contributed by atoms with Crippen LogP contribution in [0, 0.1) is 0 Å². The molecule has 126 valence electrons. The molecule has 0 fully saturated rings. The number of benzene rings is 1. The lowest BCUT2D eigenvalue weighted by Gasteiger charge is -2.09. The Hall–Kier alpha value is -2.71. The van der Waals surface area contributed by atoms with E-state index in [1.165, 1.54) is 37.5 Å². The van der Waals surface area contributed by atoms with Gasteiger partial charge in [-0.15, -0.1) is 6.58 Å². The van der Waals surface area contributed by atoms with Crippen LogP contribution in [0.2, 0.25) is 0 Å². The van der Waals surface area contributed by atoms with E-state index in [4.69, 9.17) is 4.74 Å². The summed E-state index contributed by atoms with van der Waals surface area (Å²) in [4.78, 5) is 16.3. The summed E-state index contributed by atoms with van der Waals surface area (Å²) in [6.07, 6.45) is 2.99. The van der Waals surface area contributed by atoms with E-state index in [9.17, 15) is 13.2 Å². The van der Waals surface area contributed by atoms with Crippen molar-refractivity contribution in [3.8, 4) is 5.88 Å². The molecule has 0 bridgehead atoms. The number of amides is 1. The standard InChI is InChI=1S/C16H17N3O4S/c1-3-10-18-24(21,22)13-8-6-12(7-9-13)15(20)19-14-5-4-11-17-16(14)23-2/h3-9,11,18H,1,10H2,2H3,(H,19,20). The van der Waals surface area contributed by atoms with E-state index in [0.29, 0.717) is 17.1 Å². The average Bonchev–Trinajstić information content (AvgIpc) is 2.60. The molecule has 0 saturated carbocycles. The van der Waals surface area contributed by atoms with Crippen molar-refractivity contribution in [2.75, 3.05) is 19.0 Å². The van der Waals surface area contributed by atoms with Crippen LogP contribution >= 0.6 is 0 Å². The zero-order valence-corrected chi connectivity index (χ0v) is 13.8. The van der Waals surface area contributed by atoms with Crippen LogP contribution in [0.5, 0.6) is 5.88 Å². The summed E-state index contributed by atoms with van der Waals surface area (Å²) in [5.74, 6) is -0.108. The quantitative estimate of drug-likeness (QED) is 0.745. The number of hydrogen-bond donors (Lipinski definition) is 2. The minimum atomic E-state index is -3.62. The van der Waals surface area contributed by atoms with Gasteiger partial charge in [0.1, 0.15) is 5.69 Å². The van der Waals surface area contributed by atoms with Crippen LogP contribution in [-0.4, -0.2) is 33.0 Å². The molecule has 0 saturated heterocycles. The predicted molar refractivity (Wildman–Crippen MR) is 90.6 cm³/mol. The maximum absolute atomic E-state index is 12.2. The van der Waals surface area contributed by atoms with Crippen molar-refractivity contribution in [2.45, 2.75) is 4.90 Å². The number of sulfonamides is 1. The monoisotopic (exact) mass is 347 g/mol. The lowest BCUT2D eigenvalue weighted by Crippen LogP contribution is -2.23. The van der Waals surface area contributed by atoms with Crippen molar-refractivity contribution in [1.29, 1.82) is 0 Å². The molecular weight excluding hydrogens is 330 g/mol. The van der Waals surface area contributed by atoms with Gasteiger partial charge in [0.25, 0.3) is 5.91 Å². The first-order chi connectivity index (χ1) is 11.5. The molecule has 0 unspecified atom stereocenters. The molecule has 0 aliphatic heterocycles.